The number of aromatic nitrogens is 4. The molecule has 26 aromatic rings. The van der Waals surface area contributed by atoms with E-state index in [-0.39, 0.29) is 0 Å². The topological polar surface area (TPSA) is 59.1 Å². The Morgan fingerprint density at radius 3 is 0.693 bits per heavy atom. The minimum Gasteiger partial charge on any atom is -0.455 e. The van der Waals surface area contributed by atoms with Gasteiger partial charge >= 0.3 is 0 Å². The number of thiophene rings is 3. The van der Waals surface area contributed by atoms with Gasteiger partial charge in [-0.25, -0.2) is 0 Å². The maximum Gasteiger partial charge on any atom is 0.161 e. The van der Waals surface area contributed by atoms with Crippen LogP contribution in [0.25, 0.3) is 238 Å². The number of hydrogen-bond acceptors (Lipinski definition) is 6. The number of para-hydroxylation sites is 13. The van der Waals surface area contributed by atoms with Crippen LogP contribution in [-0.2, 0) is 0 Å². The highest BCUT2D eigenvalue weighted by molar-refractivity contribution is 7.28. The van der Waals surface area contributed by atoms with Crippen LogP contribution in [0.4, 0.5) is 0 Å². The number of hydrogen-bond donors (Lipinski definition) is 0. The summed E-state index contributed by atoms with van der Waals surface area (Å²) in [6.07, 6.45) is 0. The van der Waals surface area contributed by atoms with Gasteiger partial charge in [-0.2, -0.15) is 0 Å². The molecule has 16 aromatic carbocycles. The lowest BCUT2D eigenvalue weighted by atomic mass is 9.99. The summed E-state index contributed by atoms with van der Waals surface area (Å²) in [4.78, 5) is 0. The van der Waals surface area contributed by atoms with Gasteiger partial charge in [-0.3, -0.25) is 0 Å². The minimum atomic E-state index is 0.854. The standard InChI is InChI=1S/C52H30N2O2S.C52H30N2OS2/c1-3-15-31(16-4-1)53-43-29-9-7-19-39(43)50-45(53)41-27-13-24-36(49(41)56-50)35-22-11-21-33-34-23-12-25-37(48(34)55-47(33)35)38-26-14-28-42-46-52(57-51(38)42)40-20-8-10-30-44(40)54(46)32-17-5-2-6-18-32;1-3-15-31(16-4-1)53-43-29-9-7-19-39(43)51-45(53)41-27-13-25-37(49(41)56-51)35-23-11-21-33-34-22-12-24-36(48(34)55-47(33)35)38-26-14-28-42-46-52(57-50(38)42)40-20-8-10-30-44(40)54(46)32-17-5-2-6-18-32/h2*1-30H. The predicted octanol–water partition coefficient (Wildman–Crippen LogP) is 30.6. The van der Waals surface area contributed by atoms with Crippen LogP contribution in [0.15, 0.2) is 377 Å². The summed E-state index contributed by atoms with van der Waals surface area (Å²) in [6, 6.07) is 131. The van der Waals surface area contributed by atoms with Gasteiger partial charge in [0, 0.05) is 146 Å². The molecule has 0 unspecified atom stereocenters. The maximum atomic E-state index is 7.16. The lowest BCUT2D eigenvalue weighted by molar-refractivity contribution is 0.667. The van der Waals surface area contributed by atoms with Gasteiger partial charge in [0.05, 0.1) is 52.7 Å². The van der Waals surface area contributed by atoms with Crippen molar-refractivity contribution < 1.29 is 13.3 Å². The van der Waals surface area contributed by atoms with Crippen LogP contribution in [0.3, 0.4) is 0 Å². The van der Waals surface area contributed by atoms with Crippen molar-refractivity contribution in [3.63, 3.8) is 0 Å². The maximum absolute atomic E-state index is 7.16. The molecule has 0 atom stereocenters. The molecule has 0 amide bonds. The van der Waals surface area contributed by atoms with E-state index in [1.165, 1.54) is 122 Å². The first-order chi connectivity index (χ1) is 56.6. The van der Waals surface area contributed by atoms with E-state index in [1.807, 2.05) is 34.0 Å². The molecule has 0 saturated carbocycles. The first-order valence-electron chi connectivity index (χ1n) is 38.5. The summed E-state index contributed by atoms with van der Waals surface area (Å²) in [7, 11) is 0. The van der Waals surface area contributed by atoms with Gasteiger partial charge < -0.3 is 31.5 Å². The fraction of sp³-hybridized carbons (Fsp3) is 0. The molecule has 0 aliphatic heterocycles. The second-order valence-electron chi connectivity index (χ2n) is 29.5. The van der Waals surface area contributed by atoms with E-state index in [0.29, 0.717) is 0 Å². The predicted molar refractivity (Wildman–Crippen MR) is 482 cm³/mol. The highest BCUT2D eigenvalue weighted by Gasteiger charge is 2.29. The zero-order valence-electron chi connectivity index (χ0n) is 60.9. The van der Waals surface area contributed by atoms with E-state index in [0.717, 1.165) is 116 Å². The lowest BCUT2D eigenvalue weighted by Gasteiger charge is -2.09. The van der Waals surface area contributed by atoms with Crippen LogP contribution < -0.4 is 0 Å². The Kier molecular flexibility index (Phi) is 13.7. The van der Waals surface area contributed by atoms with Gasteiger partial charge in [-0.1, -0.05) is 279 Å². The molecule has 0 N–H and O–H groups in total. The van der Waals surface area contributed by atoms with Crippen molar-refractivity contribution in [1.82, 2.24) is 18.3 Å². The number of nitrogens with zero attached hydrogens (tertiary/aromatic N) is 4. The molecule has 0 bridgehead atoms. The zero-order valence-corrected chi connectivity index (χ0v) is 63.3. The first kappa shape index (κ1) is 63.5. The van der Waals surface area contributed by atoms with Crippen LogP contribution in [0.5, 0.6) is 0 Å². The molecule has 10 aromatic heterocycles. The highest BCUT2D eigenvalue weighted by atomic mass is 32.1. The molecule has 0 saturated heterocycles. The SMILES string of the molecule is c1ccc(-n2c3ccccc3c3oc4c(-c5cccc6c5oc5c(-c7cccc8c7sc7c9ccccc9n(-c9ccccc9)c87)cccc56)cccc4c32)cc1.c1ccc(-n2c3ccccc3c3sc4c(-c5cccc6c5oc5c(-c7cccc8c7sc7c9ccccc9n(-c9ccccc9)c87)cccc56)cccc4c32)cc1. The first-order valence-corrected chi connectivity index (χ1v) is 41.0. The second-order valence-corrected chi connectivity index (χ2v) is 32.6. The fourth-order valence-corrected chi connectivity index (χ4v) is 22.7. The van der Waals surface area contributed by atoms with Gasteiger partial charge in [0.15, 0.2) is 5.58 Å². The molecule has 26 rings (SSSR count). The minimum absolute atomic E-state index is 0.854. The Balaban J connectivity index is 0.000000129. The Bertz CT molecular complexity index is 7500. The van der Waals surface area contributed by atoms with E-state index in [2.05, 4.69) is 382 Å². The van der Waals surface area contributed by atoms with Gasteiger partial charge in [-0.05, 0) is 84.9 Å². The van der Waals surface area contributed by atoms with E-state index in [4.69, 9.17) is 13.3 Å². The summed E-state index contributed by atoms with van der Waals surface area (Å²) in [6.45, 7) is 0. The zero-order chi connectivity index (χ0) is 74.4. The quantitative estimate of drug-likeness (QED) is 0.152. The van der Waals surface area contributed by atoms with Crippen LogP contribution in [0.1, 0.15) is 0 Å². The summed E-state index contributed by atoms with van der Waals surface area (Å²) < 4.78 is 38.5. The summed E-state index contributed by atoms with van der Waals surface area (Å²) >= 11 is 5.64. The van der Waals surface area contributed by atoms with Crippen molar-refractivity contribution in [1.29, 1.82) is 0 Å². The Hall–Kier alpha value is -14.3. The van der Waals surface area contributed by atoms with Crippen LogP contribution in [0, 0.1) is 0 Å². The average molecular weight is 1510 g/mol. The van der Waals surface area contributed by atoms with E-state index < -0.39 is 0 Å². The van der Waals surface area contributed by atoms with E-state index in [9.17, 15) is 0 Å². The van der Waals surface area contributed by atoms with Crippen LogP contribution in [0.2, 0.25) is 0 Å². The number of benzene rings is 16. The fourth-order valence-electron chi connectivity index (χ4n) is 18.7. The molecule has 7 nitrogen and oxygen atoms in total. The van der Waals surface area contributed by atoms with Crippen molar-refractivity contribution in [3.05, 3.63) is 364 Å². The Labute approximate surface area is 662 Å². The molecule has 10 heterocycles. The van der Waals surface area contributed by atoms with Crippen molar-refractivity contribution >= 4 is 204 Å². The number of rotatable bonds is 8. The van der Waals surface area contributed by atoms with Crippen molar-refractivity contribution in [3.8, 4) is 67.3 Å². The number of fused-ring (bicyclic) bond motifs is 26. The van der Waals surface area contributed by atoms with Gasteiger partial charge in [0.25, 0.3) is 0 Å². The summed E-state index contributed by atoms with van der Waals surface area (Å²) in [5, 5.41) is 14.2. The highest BCUT2D eigenvalue weighted by Crippen LogP contribution is 2.54. The second kappa shape index (κ2) is 24.6. The van der Waals surface area contributed by atoms with Gasteiger partial charge in [0.2, 0.25) is 0 Å². The normalized spacial score (nSPS) is 12.2. The lowest BCUT2D eigenvalue weighted by Crippen LogP contribution is -1.92. The van der Waals surface area contributed by atoms with E-state index >= 15 is 0 Å². The van der Waals surface area contributed by atoms with Crippen LogP contribution in [-0.4, -0.2) is 18.3 Å². The molecular formula is C104H60N4O3S3. The largest absolute Gasteiger partial charge is 0.455 e. The third-order valence-corrected chi connectivity index (χ3v) is 27.3. The molecule has 0 spiro atoms. The van der Waals surface area contributed by atoms with Gasteiger partial charge in [0.1, 0.15) is 33.4 Å². The van der Waals surface area contributed by atoms with E-state index in [1.54, 1.807) is 0 Å². The molecule has 532 valence electrons. The Morgan fingerprint density at radius 2 is 0.368 bits per heavy atom. The summed E-state index contributed by atoms with van der Waals surface area (Å²) in [5.74, 6) is 0. The van der Waals surface area contributed by atoms with Crippen LogP contribution >= 0.6 is 34.0 Å². The van der Waals surface area contributed by atoms with Gasteiger partial charge in [-0.15, -0.1) is 34.0 Å². The monoisotopic (exact) mass is 1510 g/mol. The molecule has 114 heavy (non-hydrogen) atoms. The Morgan fingerprint density at radius 1 is 0.149 bits per heavy atom. The smallest absolute Gasteiger partial charge is 0.161 e. The molecule has 0 aliphatic carbocycles. The molecular weight excluding hydrogens is 1450 g/mol. The molecule has 0 radical (unpaired) electrons. The molecule has 0 aliphatic rings. The molecule has 0 fully saturated rings. The van der Waals surface area contributed by atoms with Crippen molar-refractivity contribution in [2.24, 2.45) is 0 Å². The third kappa shape index (κ3) is 9.06. The number of furan rings is 3. The third-order valence-electron chi connectivity index (χ3n) is 23.5. The molecule has 10 heteroatoms. The van der Waals surface area contributed by atoms with Crippen molar-refractivity contribution in [2.45, 2.75) is 0 Å². The van der Waals surface area contributed by atoms with Crippen molar-refractivity contribution in [2.75, 3.05) is 0 Å². The average Bonchev–Trinajstić information content (AvgIpc) is 1.57. The summed E-state index contributed by atoms with van der Waals surface area (Å²) in [5.41, 5.74) is 28.5.